The predicted molar refractivity (Wildman–Crippen MR) is 121 cm³/mol. The normalized spacial score (nSPS) is 13.9. The van der Waals surface area contributed by atoms with Gasteiger partial charge in [-0.1, -0.05) is 54.2 Å². The number of benzene rings is 3. The number of rotatable bonds is 4. The highest BCUT2D eigenvalue weighted by Crippen LogP contribution is 2.37. The smallest absolute Gasteiger partial charge is 0.343 e. The molecular weight excluding hydrogens is 422 g/mol. The van der Waals surface area contributed by atoms with Gasteiger partial charge in [-0.05, 0) is 35.0 Å². The van der Waals surface area contributed by atoms with Gasteiger partial charge in [0, 0.05) is 18.7 Å². The Labute approximate surface area is 185 Å². The molecule has 1 aliphatic rings. The van der Waals surface area contributed by atoms with E-state index in [2.05, 4.69) is 4.90 Å². The first-order chi connectivity index (χ1) is 14.6. The molecule has 0 saturated carbocycles. The summed E-state index contributed by atoms with van der Waals surface area (Å²) in [5.41, 5.74) is 1.17. The molecule has 1 saturated heterocycles. The number of morpholine rings is 1. The maximum absolute atomic E-state index is 12.8. The average Bonchev–Trinajstić information content (AvgIpc) is 2.79. The van der Waals surface area contributed by atoms with Crippen LogP contribution in [0.5, 0.6) is 11.5 Å². The number of halogens is 1. The quantitative estimate of drug-likeness (QED) is 0.331. The van der Waals surface area contributed by atoms with Crippen molar-refractivity contribution in [2.24, 2.45) is 0 Å². The zero-order chi connectivity index (χ0) is 21.1. The van der Waals surface area contributed by atoms with Crippen molar-refractivity contribution < 1.29 is 19.0 Å². The lowest BCUT2D eigenvalue weighted by Gasteiger charge is -2.29. The number of hydrogen-bond acceptors (Lipinski definition) is 5. The molecule has 0 amide bonds. The lowest BCUT2D eigenvalue weighted by Crippen LogP contribution is -2.40. The van der Waals surface area contributed by atoms with Crippen LogP contribution in [-0.4, -0.2) is 49.3 Å². The predicted octanol–water partition coefficient (Wildman–Crippen LogP) is 4.73. The van der Waals surface area contributed by atoms with Crippen LogP contribution in [-0.2, 0) is 4.74 Å². The number of nitrogens with zero attached hydrogens (tertiary/aromatic N) is 1. The summed E-state index contributed by atoms with van der Waals surface area (Å²) in [5.74, 6) is 0.0116. The van der Waals surface area contributed by atoms with Gasteiger partial charge in [0.15, 0.2) is 11.5 Å². The Kier molecular flexibility index (Phi) is 6.18. The monoisotopic (exact) mass is 441 g/mol. The van der Waals surface area contributed by atoms with Crippen molar-refractivity contribution in [1.29, 1.82) is 0 Å². The third kappa shape index (κ3) is 4.26. The number of ether oxygens (including phenoxy) is 3. The molecular formula is C23H20ClNO4S. The Morgan fingerprint density at radius 2 is 1.77 bits per heavy atom. The van der Waals surface area contributed by atoms with Gasteiger partial charge in [0.1, 0.15) is 4.99 Å². The van der Waals surface area contributed by atoms with Crippen molar-refractivity contribution in [3.63, 3.8) is 0 Å². The Balaban J connectivity index is 1.59. The molecule has 3 aromatic carbocycles. The molecule has 1 fully saturated rings. The van der Waals surface area contributed by atoms with Crippen LogP contribution in [0.2, 0.25) is 5.02 Å². The summed E-state index contributed by atoms with van der Waals surface area (Å²) in [6, 6.07) is 16.7. The topological polar surface area (TPSA) is 48.0 Å². The third-order valence-electron chi connectivity index (χ3n) is 4.95. The molecule has 0 aliphatic carbocycles. The maximum atomic E-state index is 12.8. The van der Waals surface area contributed by atoms with Crippen molar-refractivity contribution in [2.75, 3.05) is 33.4 Å². The molecule has 0 unspecified atom stereocenters. The van der Waals surface area contributed by atoms with E-state index in [-0.39, 0.29) is 10.8 Å². The van der Waals surface area contributed by atoms with Crippen LogP contribution in [0.1, 0.15) is 15.9 Å². The van der Waals surface area contributed by atoms with E-state index in [1.165, 1.54) is 7.11 Å². The molecule has 1 heterocycles. The van der Waals surface area contributed by atoms with E-state index in [9.17, 15) is 4.79 Å². The van der Waals surface area contributed by atoms with Gasteiger partial charge in [-0.25, -0.2) is 4.79 Å². The summed E-state index contributed by atoms with van der Waals surface area (Å²) in [7, 11) is 1.50. The SMILES string of the molecule is COc1cc(C(=S)N2CCOCC2)cc(Cl)c1OC(=O)c1ccc2ccccc2c1. The highest BCUT2D eigenvalue weighted by molar-refractivity contribution is 7.80. The van der Waals surface area contributed by atoms with Gasteiger partial charge in [-0.3, -0.25) is 0 Å². The molecule has 0 N–H and O–H groups in total. The number of esters is 1. The van der Waals surface area contributed by atoms with E-state index in [1.54, 1.807) is 24.3 Å². The molecule has 0 aromatic heterocycles. The highest BCUT2D eigenvalue weighted by atomic mass is 35.5. The first-order valence-electron chi connectivity index (χ1n) is 9.52. The van der Waals surface area contributed by atoms with Crippen molar-refractivity contribution in [3.8, 4) is 11.5 Å². The molecule has 0 bridgehead atoms. The molecule has 5 nitrogen and oxygen atoms in total. The maximum Gasteiger partial charge on any atom is 0.343 e. The molecule has 30 heavy (non-hydrogen) atoms. The van der Waals surface area contributed by atoms with Crippen LogP contribution < -0.4 is 9.47 Å². The zero-order valence-corrected chi connectivity index (χ0v) is 18.0. The van der Waals surface area contributed by atoms with Gasteiger partial charge in [0.05, 0.1) is 30.9 Å². The van der Waals surface area contributed by atoms with Crippen LogP contribution in [0.15, 0.2) is 54.6 Å². The number of fused-ring (bicyclic) bond motifs is 1. The summed E-state index contributed by atoms with van der Waals surface area (Å²) < 4.78 is 16.4. The third-order valence-corrected chi connectivity index (χ3v) is 5.73. The summed E-state index contributed by atoms with van der Waals surface area (Å²) in [4.78, 5) is 15.5. The summed E-state index contributed by atoms with van der Waals surface area (Å²) in [6.45, 7) is 2.70. The summed E-state index contributed by atoms with van der Waals surface area (Å²) in [6.07, 6.45) is 0. The Morgan fingerprint density at radius 3 is 2.50 bits per heavy atom. The molecule has 0 spiro atoms. The fourth-order valence-electron chi connectivity index (χ4n) is 3.36. The van der Waals surface area contributed by atoms with Gasteiger partial charge in [0.25, 0.3) is 0 Å². The molecule has 7 heteroatoms. The largest absolute Gasteiger partial charge is 0.493 e. The lowest BCUT2D eigenvalue weighted by molar-refractivity contribution is 0.0692. The van der Waals surface area contributed by atoms with Crippen molar-refractivity contribution in [2.45, 2.75) is 0 Å². The van der Waals surface area contributed by atoms with E-state index in [4.69, 9.17) is 38.0 Å². The minimum atomic E-state index is -0.510. The molecule has 3 aromatic rings. The number of carbonyl (C=O) groups is 1. The van der Waals surface area contributed by atoms with E-state index in [1.807, 2.05) is 30.3 Å². The minimum absolute atomic E-state index is 0.172. The summed E-state index contributed by atoms with van der Waals surface area (Å²) in [5, 5.41) is 2.26. The number of carbonyl (C=O) groups excluding carboxylic acids is 1. The van der Waals surface area contributed by atoms with E-state index in [0.29, 0.717) is 29.5 Å². The molecule has 0 radical (unpaired) electrons. The second kappa shape index (κ2) is 9.00. The van der Waals surface area contributed by atoms with Crippen LogP contribution in [0.25, 0.3) is 10.8 Å². The van der Waals surface area contributed by atoms with Gasteiger partial charge in [0.2, 0.25) is 0 Å². The van der Waals surface area contributed by atoms with Gasteiger partial charge >= 0.3 is 5.97 Å². The molecule has 1 aliphatic heterocycles. The van der Waals surface area contributed by atoms with Crippen LogP contribution in [0.3, 0.4) is 0 Å². The van der Waals surface area contributed by atoms with E-state index in [0.717, 1.165) is 29.4 Å². The minimum Gasteiger partial charge on any atom is -0.493 e. The Morgan fingerprint density at radius 1 is 1.03 bits per heavy atom. The standard InChI is InChI=1S/C23H20ClNO4S/c1-27-20-14-18(22(30)25-8-10-28-11-9-25)13-19(24)21(20)29-23(26)17-7-6-15-4-2-3-5-16(15)12-17/h2-7,12-14H,8-11H2,1H3. The van der Waals surface area contributed by atoms with Crippen LogP contribution in [0, 0.1) is 0 Å². The second-order valence-electron chi connectivity index (χ2n) is 6.85. The second-order valence-corrected chi connectivity index (χ2v) is 7.64. The average molecular weight is 442 g/mol. The fourth-order valence-corrected chi connectivity index (χ4v) is 3.91. The molecule has 0 atom stereocenters. The van der Waals surface area contributed by atoms with E-state index >= 15 is 0 Å². The van der Waals surface area contributed by atoms with Gasteiger partial charge in [-0.15, -0.1) is 0 Å². The number of hydrogen-bond donors (Lipinski definition) is 0. The van der Waals surface area contributed by atoms with Crippen molar-refractivity contribution in [3.05, 3.63) is 70.7 Å². The molecule has 154 valence electrons. The number of methoxy groups -OCH3 is 1. The molecule has 4 rings (SSSR count). The van der Waals surface area contributed by atoms with E-state index < -0.39 is 5.97 Å². The summed E-state index contributed by atoms with van der Waals surface area (Å²) >= 11 is 12.1. The highest BCUT2D eigenvalue weighted by Gasteiger charge is 2.21. The van der Waals surface area contributed by atoms with Gasteiger partial charge in [-0.2, -0.15) is 0 Å². The Bertz CT molecular complexity index is 1110. The number of thiocarbonyl (C=S) groups is 1. The lowest BCUT2D eigenvalue weighted by atomic mass is 10.1. The zero-order valence-electron chi connectivity index (χ0n) is 16.4. The first-order valence-corrected chi connectivity index (χ1v) is 10.3. The van der Waals surface area contributed by atoms with Crippen LogP contribution >= 0.6 is 23.8 Å². The van der Waals surface area contributed by atoms with Crippen molar-refractivity contribution >= 4 is 45.5 Å². The fraction of sp³-hybridized carbons (Fsp3) is 0.217. The van der Waals surface area contributed by atoms with Crippen LogP contribution in [0.4, 0.5) is 0 Å². The van der Waals surface area contributed by atoms with Gasteiger partial charge < -0.3 is 19.1 Å². The van der Waals surface area contributed by atoms with Crippen molar-refractivity contribution in [1.82, 2.24) is 4.90 Å². The Hall–Kier alpha value is -2.67. The first kappa shape index (κ1) is 20.6.